The third-order valence-corrected chi connectivity index (χ3v) is 8.36. The highest BCUT2D eigenvalue weighted by Gasteiger charge is 2.36. The lowest BCUT2D eigenvalue weighted by Crippen LogP contribution is -2.30. The molecule has 2 saturated carbocycles. The quantitative estimate of drug-likeness (QED) is 0.435. The molecule has 2 aliphatic carbocycles. The fourth-order valence-electron chi connectivity index (χ4n) is 6.56. The molecular weight excluding hydrogens is 428 g/mol. The van der Waals surface area contributed by atoms with Crippen LogP contribution in [0.3, 0.4) is 0 Å². The van der Waals surface area contributed by atoms with Crippen LogP contribution in [0.4, 0.5) is 8.78 Å². The minimum atomic E-state index is -0.436. The van der Waals surface area contributed by atoms with Gasteiger partial charge in [0, 0.05) is 5.56 Å². The number of fused-ring (bicyclic) bond motifs is 1. The van der Waals surface area contributed by atoms with E-state index in [0.717, 1.165) is 29.7 Å². The first-order valence-corrected chi connectivity index (χ1v) is 13.2. The average molecular weight is 466 g/mol. The van der Waals surface area contributed by atoms with E-state index in [1.807, 2.05) is 19.9 Å². The van der Waals surface area contributed by atoms with Crippen LogP contribution in [0.1, 0.15) is 89.2 Å². The smallest absolute Gasteiger partial charge is 0.219 e. The van der Waals surface area contributed by atoms with E-state index in [1.54, 1.807) is 18.2 Å². The van der Waals surface area contributed by atoms with Gasteiger partial charge in [0.1, 0.15) is 18.2 Å². The minimum absolute atomic E-state index is 0.269. The van der Waals surface area contributed by atoms with E-state index in [1.165, 1.54) is 51.0 Å². The van der Waals surface area contributed by atoms with Crippen LogP contribution in [-0.4, -0.2) is 18.0 Å². The summed E-state index contributed by atoms with van der Waals surface area (Å²) in [6.07, 6.45) is 10.4. The molecule has 2 aromatic carbocycles. The Bertz CT molecular complexity index is 1080. The van der Waals surface area contributed by atoms with Crippen LogP contribution < -0.4 is 0 Å². The summed E-state index contributed by atoms with van der Waals surface area (Å²) < 4.78 is 35.7. The largest absolute Gasteiger partial charge is 0.475 e. The lowest BCUT2D eigenvalue weighted by atomic mass is 9.63. The van der Waals surface area contributed by atoms with E-state index in [4.69, 9.17) is 4.74 Å². The Kier molecular flexibility index (Phi) is 6.52. The number of rotatable bonds is 5. The zero-order valence-electron chi connectivity index (χ0n) is 20.7. The maximum atomic E-state index is 15.2. The van der Waals surface area contributed by atoms with Crippen molar-refractivity contribution in [3.05, 3.63) is 59.2 Å². The van der Waals surface area contributed by atoms with Crippen molar-refractivity contribution >= 4 is 5.90 Å². The van der Waals surface area contributed by atoms with Gasteiger partial charge in [-0.2, -0.15) is 0 Å². The van der Waals surface area contributed by atoms with Crippen LogP contribution in [0.25, 0.3) is 11.1 Å². The summed E-state index contributed by atoms with van der Waals surface area (Å²) in [5.74, 6) is 2.64. The second-order valence-electron chi connectivity index (χ2n) is 11.4. The summed E-state index contributed by atoms with van der Waals surface area (Å²) in [7, 11) is 0. The molecule has 0 spiro atoms. The number of aliphatic imine (C=N–C) groups is 1. The molecule has 1 unspecified atom stereocenters. The molecule has 0 radical (unpaired) electrons. The third-order valence-electron chi connectivity index (χ3n) is 8.36. The first kappa shape index (κ1) is 23.5. The Morgan fingerprint density at radius 1 is 0.912 bits per heavy atom. The van der Waals surface area contributed by atoms with Crippen LogP contribution in [0.5, 0.6) is 0 Å². The molecule has 2 nitrogen and oxygen atoms in total. The number of nitrogens with zero attached hydrogens (tertiary/aromatic N) is 1. The van der Waals surface area contributed by atoms with Crippen molar-refractivity contribution in [2.75, 3.05) is 6.61 Å². The molecule has 5 rings (SSSR count). The molecule has 0 bridgehead atoms. The highest BCUT2D eigenvalue weighted by atomic mass is 19.1. The number of hydrogen-bond donors (Lipinski definition) is 0. The Morgan fingerprint density at radius 3 is 2.35 bits per heavy atom. The highest BCUT2D eigenvalue weighted by molar-refractivity contribution is 5.96. The van der Waals surface area contributed by atoms with E-state index in [9.17, 15) is 4.39 Å². The van der Waals surface area contributed by atoms with Crippen molar-refractivity contribution in [1.82, 2.24) is 0 Å². The van der Waals surface area contributed by atoms with Crippen molar-refractivity contribution in [3.8, 4) is 11.1 Å². The first-order chi connectivity index (χ1) is 16.3. The normalized spacial score (nSPS) is 28.2. The molecule has 2 aromatic rings. The molecule has 0 aromatic heterocycles. The van der Waals surface area contributed by atoms with Crippen molar-refractivity contribution in [3.63, 3.8) is 0 Å². The third kappa shape index (κ3) is 4.78. The van der Waals surface area contributed by atoms with E-state index in [2.05, 4.69) is 18.0 Å². The lowest BCUT2D eigenvalue weighted by molar-refractivity contribution is 0.114. The van der Waals surface area contributed by atoms with Crippen LogP contribution >= 0.6 is 0 Å². The van der Waals surface area contributed by atoms with Crippen LogP contribution in [0.15, 0.2) is 41.4 Å². The fraction of sp³-hybridized carbons (Fsp3) is 0.567. The molecule has 4 atom stereocenters. The summed E-state index contributed by atoms with van der Waals surface area (Å²) >= 11 is 0. The molecule has 0 saturated heterocycles. The second kappa shape index (κ2) is 9.43. The molecule has 0 amide bonds. The summed E-state index contributed by atoms with van der Waals surface area (Å²) in [5, 5.41) is 0. The number of hydrogen-bond acceptors (Lipinski definition) is 2. The van der Waals surface area contributed by atoms with E-state index in [0.29, 0.717) is 35.1 Å². The van der Waals surface area contributed by atoms with E-state index < -0.39 is 5.82 Å². The Morgan fingerprint density at radius 2 is 1.65 bits per heavy atom. The van der Waals surface area contributed by atoms with Crippen LogP contribution in [0, 0.1) is 29.4 Å². The van der Waals surface area contributed by atoms with Crippen LogP contribution in [-0.2, 0) is 4.74 Å². The second-order valence-corrected chi connectivity index (χ2v) is 11.4. The molecule has 4 heteroatoms. The molecule has 3 aliphatic rings. The zero-order valence-corrected chi connectivity index (χ0v) is 20.7. The topological polar surface area (TPSA) is 21.6 Å². The van der Waals surface area contributed by atoms with Crippen molar-refractivity contribution in [2.24, 2.45) is 22.7 Å². The molecule has 2 fully saturated rings. The molecule has 0 N–H and O–H groups in total. The van der Waals surface area contributed by atoms with Crippen molar-refractivity contribution in [1.29, 1.82) is 0 Å². The molecular formula is C30H37F2NO. The standard InChI is InChI=1S/C30H37F2NO/c1-4-5-19-6-7-21-15-22(9-8-20(21)14-19)23-10-12-25(27(31)16-23)24-11-13-26(28(32)17-24)29-33-30(2,3)18-34-29/h10-13,16-17,19-22H,4-9,14-15,18H2,1-3H3/t19?,20-,21-,22-/m1/s1. The van der Waals surface area contributed by atoms with Gasteiger partial charge in [0.05, 0.1) is 11.1 Å². The van der Waals surface area contributed by atoms with Gasteiger partial charge >= 0.3 is 0 Å². The van der Waals surface area contributed by atoms with E-state index in [-0.39, 0.29) is 11.4 Å². The van der Waals surface area contributed by atoms with Gasteiger partial charge in [-0.3, -0.25) is 0 Å². The molecule has 182 valence electrons. The Labute approximate surface area is 202 Å². The molecule has 1 heterocycles. The van der Waals surface area contributed by atoms with Crippen LogP contribution in [0.2, 0.25) is 0 Å². The number of benzene rings is 2. The maximum Gasteiger partial charge on any atom is 0.219 e. The minimum Gasteiger partial charge on any atom is -0.475 e. The van der Waals surface area contributed by atoms with E-state index >= 15 is 4.39 Å². The summed E-state index contributed by atoms with van der Waals surface area (Å²) in [5.41, 5.74) is 2.06. The highest BCUT2D eigenvalue weighted by Crippen LogP contribution is 2.48. The molecule has 1 aliphatic heterocycles. The maximum absolute atomic E-state index is 15.2. The zero-order chi connectivity index (χ0) is 23.9. The summed E-state index contributed by atoms with van der Waals surface area (Å²) in [4.78, 5) is 4.46. The van der Waals surface area contributed by atoms with Crippen molar-refractivity contribution in [2.45, 2.75) is 83.6 Å². The number of ether oxygens (including phenoxy) is 1. The van der Waals surface area contributed by atoms with Gasteiger partial charge in [0.15, 0.2) is 0 Å². The predicted molar refractivity (Wildman–Crippen MR) is 134 cm³/mol. The van der Waals surface area contributed by atoms with Gasteiger partial charge in [0.2, 0.25) is 5.90 Å². The predicted octanol–water partition coefficient (Wildman–Crippen LogP) is 8.29. The monoisotopic (exact) mass is 465 g/mol. The van der Waals surface area contributed by atoms with Gasteiger partial charge in [0.25, 0.3) is 0 Å². The van der Waals surface area contributed by atoms with Gasteiger partial charge in [-0.1, -0.05) is 44.4 Å². The fourth-order valence-corrected chi connectivity index (χ4v) is 6.56. The van der Waals surface area contributed by atoms with Crippen molar-refractivity contribution < 1.29 is 13.5 Å². The Balaban J connectivity index is 1.30. The van der Waals surface area contributed by atoms with Gasteiger partial charge in [-0.05, 0) is 98.9 Å². The summed E-state index contributed by atoms with van der Waals surface area (Å²) in [6.45, 7) is 6.63. The van der Waals surface area contributed by atoms with Gasteiger partial charge in [-0.25, -0.2) is 13.8 Å². The van der Waals surface area contributed by atoms with Gasteiger partial charge < -0.3 is 4.74 Å². The average Bonchev–Trinajstić information content (AvgIpc) is 3.18. The lowest BCUT2D eigenvalue weighted by Gasteiger charge is -2.42. The SMILES string of the molecule is CCCC1CC[C@@H]2C[C@H](c3ccc(-c4ccc(C5=NC(C)(C)CO5)c(F)c4)c(F)c3)CC[C@@H]2C1. The number of halogens is 2. The Hall–Kier alpha value is -2.23. The first-order valence-electron chi connectivity index (χ1n) is 13.2. The summed E-state index contributed by atoms with van der Waals surface area (Å²) in [6, 6.07) is 10.4. The van der Waals surface area contributed by atoms with Gasteiger partial charge in [-0.15, -0.1) is 0 Å². The molecule has 34 heavy (non-hydrogen) atoms.